The fraction of sp³-hybridized carbons (Fsp3) is 0.440. The Labute approximate surface area is 220 Å². The van der Waals surface area contributed by atoms with Crippen LogP contribution in [0.15, 0.2) is 24.5 Å². The molecule has 9 nitrogen and oxygen atoms in total. The maximum atomic E-state index is 15.2. The van der Waals surface area contributed by atoms with E-state index in [0.29, 0.717) is 0 Å². The lowest BCUT2D eigenvalue weighted by Gasteiger charge is -2.24. The van der Waals surface area contributed by atoms with Crippen LogP contribution in [0.3, 0.4) is 0 Å². The molecule has 0 radical (unpaired) electrons. The van der Waals surface area contributed by atoms with E-state index in [0.717, 1.165) is 27.9 Å². The smallest absolute Gasteiger partial charge is 0.418 e. The monoisotopic (exact) mass is 554 g/mol. The van der Waals surface area contributed by atoms with E-state index in [1.54, 1.807) is 27.7 Å². The zero-order valence-electron chi connectivity index (χ0n) is 21.6. The Kier molecular flexibility index (Phi) is 7.17. The van der Waals surface area contributed by atoms with Gasteiger partial charge in [-0.15, -0.1) is 0 Å². The minimum atomic E-state index is -4.82. The number of alkyl halides is 4. The summed E-state index contributed by atoms with van der Waals surface area (Å²) < 4.78 is 77.3. The van der Waals surface area contributed by atoms with Gasteiger partial charge in [0.1, 0.15) is 29.4 Å². The number of fused-ring (bicyclic) bond motifs is 1. The van der Waals surface area contributed by atoms with Gasteiger partial charge in [-0.2, -0.15) is 18.3 Å². The van der Waals surface area contributed by atoms with Crippen LogP contribution in [0.4, 0.5) is 32.6 Å². The van der Waals surface area contributed by atoms with Crippen molar-refractivity contribution in [3.8, 4) is 11.3 Å². The number of halogens is 5. The first-order chi connectivity index (χ1) is 18.1. The van der Waals surface area contributed by atoms with Crippen molar-refractivity contribution in [3.63, 3.8) is 0 Å². The van der Waals surface area contributed by atoms with Crippen molar-refractivity contribution < 1.29 is 36.3 Å². The molecule has 3 N–H and O–H groups in total. The molecule has 1 saturated heterocycles. The number of benzene rings is 1. The Morgan fingerprint density at radius 1 is 1.18 bits per heavy atom. The first-order valence-electron chi connectivity index (χ1n) is 12.1. The van der Waals surface area contributed by atoms with Gasteiger partial charge >= 0.3 is 12.3 Å². The van der Waals surface area contributed by atoms with E-state index in [1.165, 1.54) is 6.07 Å². The number of nitrogens with one attached hydrogen (secondary N) is 1. The SMILES string of the molecule is CCc1c(F)cc(-c2cc(C(F)(F)F)c3c(N)ncnn23)cc1C(=O)N[C@@H]1CN(C(=O)OC(C)(C)C)C[C@@H]1F. The number of anilines is 1. The molecule has 0 unspecified atom stereocenters. The van der Waals surface area contributed by atoms with Gasteiger partial charge in [-0.05, 0) is 45.4 Å². The van der Waals surface area contributed by atoms with E-state index in [4.69, 9.17) is 10.5 Å². The minimum absolute atomic E-state index is 0.0142. The highest BCUT2D eigenvalue weighted by Crippen LogP contribution is 2.39. The lowest BCUT2D eigenvalue weighted by Crippen LogP contribution is -2.42. The van der Waals surface area contributed by atoms with E-state index in [9.17, 15) is 27.2 Å². The lowest BCUT2D eigenvalue weighted by atomic mass is 9.98. The van der Waals surface area contributed by atoms with Crippen LogP contribution < -0.4 is 11.1 Å². The van der Waals surface area contributed by atoms with Crippen LogP contribution in [0.5, 0.6) is 0 Å². The van der Waals surface area contributed by atoms with Crippen LogP contribution in [-0.4, -0.2) is 62.4 Å². The van der Waals surface area contributed by atoms with Crippen LogP contribution >= 0.6 is 0 Å². The Bertz CT molecular complexity index is 1430. The fourth-order valence-electron chi connectivity index (χ4n) is 4.46. The number of nitrogen functional groups attached to an aromatic ring is 1. The van der Waals surface area contributed by atoms with Gasteiger partial charge in [0, 0.05) is 23.2 Å². The van der Waals surface area contributed by atoms with Crippen LogP contribution in [0.25, 0.3) is 16.8 Å². The number of carbonyl (C=O) groups excluding carboxylic acids is 2. The summed E-state index contributed by atoms with van der Waals surface area (Å²) in [4.78, 5) is 30.3. The Morgan fingerprint density at radius 2 is 1.87 bits per heavy atom. The number of nitrogens with two attached hydrogens (primary N) is 1. The van der Waals surface area contributed by atoms with Crippen LogP contribution in [0.2, 0.25) is 0 Å². The predicted octanol–water partition coefficient (Wildman–Crippen LogP) is 4.39. The van der Waals surface area contributed by atoms with E-state index in [1.807, 2.05) is 0 Å². The molecule has 1 aliphatic rings. The number of amides is 2. The van der Waals surface area contributed by atoms with Crippen LogP contribution in [0, 0.1) is 5.82 Å². The van der Waals surface area contributed by atoms with Gasteiger partial charge in [-0.25, -0.2) is 23.1 Å². The van der Waals surface area contributed by atoms with Gasteiger partial charge in [0.05, 0.1) is 23.8 Å². The third-order valence-electron chi connectivity index (χ3n) is 6.19. The molecule has 210 valence electrons. The van der Waals surface area contributed by atoms with Crippen molar-refractivity contribution in [2.75, 3.05) is 18.8 Å². The standard InChI is InChI=1S/C25H27F5N6O3/c1-5-13-14(22(37)34-18-10-35(9-17(18)27)23(38)39-24(2,3)4)6-12(7-16(13)26)19-8-15(25(28,29)30)20-21(31)32-11-33-36(19)20/h6-8,11,17-18H,5,9-10H2,1-4H3,(H,34,37)(H2,31,32,33)/t17-,18+/m0/s1. The third-order valence-corrected chi connectivity index (χ3v) is 6.19. The third kappa shape index (κ3) is 5.59. The number of rotatable bonds is 4. The van der Waals surface area contributed by atoms with E-state index in [2.05, 4.69) is 15.4 Å². The largest absolute Gasteiger partial charge is 0.444 e. The van der Waals surface area contributed by atoms with E-state index in [-0.39, 0.29) is 41.9 Å². The van der Waals surface area contributed by atoms with Gasteiger partial charge < -0.3 is 20.7 Å². The van der Waals surface area contributed by atoms with Crippen molar-refractivity contribution in [2.45, 2.75) is 58.1 Å². The number of hydrogen-bond acceptors (Lipinski definition) is 6. The van der Waals surface area contributed by atoms with E-state index >= 15 is 4.39 Å². The second-order valence-electron chi connectivity index (χ2n) is 10.2. The topological polar surface area (TPSA) is 115 Å². The molecule has 1 fully saturated rings. The molecule has 2 atom stereocenters. The molecule has 2 aromatic heterocycles. The van der Waals surface area contributed by atoms with Crippen molar-refractivity contribution in [2.24, 2.45) is 0 Å². The molecule has 2 amide bonds. The Balaban J connectivity index is 1.69. The Hall–Kier alpha value is -3.97. The number of aromatic nitrogens is 3. The van der Waals surface area contributed by atoms with Crippen molar-refractivity contribution in [1.82, 2.24) is 24.8 Å². The number of nitrogens with zero attached hydrogens (tertiary/aromatic N) is 4. The summed E-state index contributed by atoms with van der Waals surface area (Å²) in [5, 5.41) is 6.33. The van der Waals surface area contributed by atoms with Gasteiger partial charge in [0.25, 0.3) is 5.91 Å². The van der Waals surface area contributed by atoms with Crippen LogP contribution in [0.1, 0.15) is 49.2 Å². The van der Waals surface area contributed by atoms with Gasteiger partial charge in [0.2, 0.25) is 0 Å². The van der Waals surface area contributed by atoms with Crippen molar-refractivity contribution >= 4 is 23.3 Å². The summed E-state index contributed by atoms with van der Waals surface area (Å²) >= 11 is 0. The average Bonchev–Trinajstić information content (AvgIpc) is 3.39. The first-order valence-corrected chi connectivity index (χ1v) is 12.1. The molecule has 3 heterocycles. The summed E-state index contributed by atoms with van der Waals surface area (Å²) in [6, 6.07) is 1.84. The summed E-state index contributed by atoms with van der Waals surface area (Å²) in [6.45, 7) is 6.08. The number of ether oxygens (including phenoxy) is 1. The Morgan fingerprint density at radius 3 is 2.49 bits per heavy atom. The quantitative estimate of drug-likeness (QED) is 0.463. The normalized spacial score (nSPS) is 18.0. The molecule has 0 spiro atoms. The molecule has 39 heavy (non-hydrogen) atoms. The maximum absolute atomic E-state index is 15.2. The molecular formula is C25H27F5N6O3. The molecule has 0 aliphatic carbocycles. The molecule has 1 aromatic carbocycles. The molecular weight excluding hydrogens is 527 g/mol. The fourth-order valence-corrected chi connectivity index (χ4v) is 4.46. The van der Waals surface area contributed by atoms with Gasteiger partial charge in [-0.3, -0.25) is 4.79 Å². The highest BCUT2D eigenvalue weighted by molar-refractivity contribution is 5.97. The average molecular weight is 555 g/mol. The van der Waals surface area contributed by atoms with Gasteiger partial charge in [-0.1, -0.05) is 6.92 Å². The zero-order chi connectivity index (χ0) is 28.9. The summed E-state index contributed by atoms with van der Waals surface area (Å²) in [5.41, 5.74) is 2.77. The predicted molar refractivity (Wildman–Crippen MR) is 131 cm³/mol. The van der Waals surface area contributed by atoms with Crippen LogP contribution in [-0.2, 0) is 17.3 Å². The molecule has 14 heteroatoms. The molecule has 4 rings (SSSR count). The van der Waals surface area contributed by atoms with Gasteiger partial charge in [0.15, 0.2) is 5.82 Å². The molecule has 3 aromatic rings. The van der Waals surface area contributed by atoms with Crippen molar-refractivity contribution in [1.29, 1.82) is 0 Å². The molecule has 1 aliphatic heterocycles. The highest BCUT2D eigenvalue weighted by atomic mass is 19.4. The maximum Gasteiger partial charge on any atom is 0.418 e. The first kappa shape index (κ1) is 28.0. The highest BCUT2D eigenvalue weighted by Gasteiger charge is 2.39. The second kappa shape index (κ2) is 9.97. The lowest BCUT2D eigenvalue weighted by molar-refractivity contribution is -0.136. The molecule has 0 bridgehead atoms. The minimum Gasteiger partial charge on any atom is -0.444 e. The number of hydrogen-bond donors (Lipinski definition) is 2. The second-order valence-corrected chi connectivity index (χ2v) is 10.2. The summed E-state index contributed by atoms with van der Waals surface area (Å²) in [7, 11) is 0. The molecule has 0 saturated carbocycles. The summed E-state index contributed by atoms with van der Waals surface area (Å²) in [6.07, 6.45) is -6.16. The zero-order valence-corrected chi connectivity index (χ0v) is 21.6. The number of carbonyl (C=O) groups is 2. The van der Waals surface area contributed by atoms with Crippen molar-refractivity contribution in [3.05, 3.63) is 47.0 Å². The van der Waals surface area contributed by atoms with E-state index < -0.39 is 58.7 Å². The number of likely N-dealkylation sites (tertiary alicyclic amines) is 1. The summed E-state index contributed by atoms with van der Waals surface area (Å²) in [5.74, 6) is -2.13.